The highest BCUT2D eigenvalue weighted by atomic mass is 19.1. The second-order valence-corrected chi connectivity index (χ2v) is 4.69. The molecule has 1 aromatic rings. The molecule has 0 spiro atoms. The van der Waals surface area contributed by atoms with Gasteiger partial charge in [0.15, 0.2) is 0 Å². The Bertz CT molecular complexity index is 426. The van der Waals surface area contributed by atoms with E-state index in [0.29, 0.717) is 5.69 Å². The van der Waals surface area contributed by atoms with Crippen LogP contribution in [0.15, 0.2) is 18.2 Å². The minimum atomic E-state index is -1.19. The predicted octanol–water partition coefficient (Wildman–Crippen LogP) is 3.29. The van der Waals surface area contributed by atoms with Crippen LogP contribution >= 0.6 is 0 Å². The van der Waals surface area contributed by atoms with Crippen molar-refractivity contribution in [3.8, 4) is 0 Å². The maximum atomic E-state index is 13.6. The summed E-state index contributed by atoms with van der Waals surface area (Å²) in [5, 5.41) is 9.14. The number of carbonyl (C=O) groups is 1. The average Bonchev–Trinajstić information content (AvgIpc) is 2.27. The highest BCUT2D eigenvalue weighted by molar-refractivity contribution is 5.94. The van der Waals surface area contributed by atoms with E-state index in [9.17, 15) is 9.18 Å². The van der Waals surface area contributed by atoms with E-state index in [4.69, 9.17) is 5.11 Å². The summed E-state index contributed by atoms with van der Waals surface area (Å²) in [6.45, 7) is 1.62. The molecule has 1 aromatic carbocycles. The number of carboxylic acid groups (broad SMARTS) is 1. The minimum Gasteiger partial charge on any atom is -0.478 e. The lowest BCUT2D eigenvalue weighted by Crippen LogP contribution is -2.29. The van der Waals surface area contributed by atoms with Gasteiger partial charge >= 0.3 is 5.97 Å². The van der Waals surface area contributed by atoms with Gasteiger partial charge in [0, 0.05) is 13.1 Å². The van der Waals surface area contributed by atoms with Crippen molar-refractivity contribution in [2.75, 3.05) is 18.0 Å². The average molecular weight is 251 g/mol. The number of hydrogen-bond acceptors (Lipinski definition) is 2. The third-order valence-corrected chi connectivity index (χ3v) is 3.40. The summed E-state index contributed by atoms with van der Waals surface area (Å²) in [4.78, 5) is 13.2. The summed E-state index contributed by atoms with van der Waals surface area (Å²) >= 11 is 0. The van der Waals surface area contributed by atoms with Crippen molar-refractivity contribution >= 4 is 11.7 Å². The van der Waals surface area contributed by atoms with E-state index in [1.807, 2.05) is 4.90 Å². The summed E-state index contributed by atoms with van der Waals surface area (Å²) in [5.74, 6) is -1.84. The topological polar surface area (TPSA) is 40.5 Å². The first-order valence-corrected chi connectivity index (χ1v) is 6.47. The molecule has 0 aliphatic carbocycles. The number of nitrogens with zero attached hydrogens (tertiary/aromatic N) is 1. The lowest BCUT2D eigenvalue weighted by atomic mass is 10.1. The van der Waals surface area contributed by atoms with Crippen molar-refractivity contribution in [3.63, 3.8) is 0 Å². The highest BCUT2D eigenvalue weighted by Crippen LogP contribution is 2.25. The zero-order valence-corrected chi connectivity index (χ0v) is 10.4. The normalized spacial score (nSPS) is 17.1. The van der Waals surface area contributed by atoms with E-state index in [-0.39, 0.29) is 5.56 Å². The molecule has 18 heavy (non-hydrogen) atoms. The van der Waals surface area contributed by atoms with E-state index < -0.39 is 11.8 Å². The van der Waals surface area contributed by atoms with Crippen LogP contribution in [0.4, 0.5) is 10.1 Å². The van der Waals surface area contributed by atoms with Crippen LogP contribution in [0.3, 0.4) is 0 Å². The lowest BCUT2D eigenvalue weighted by molar-refractivity contribution is 0.0692. The third kappa shape index (κ3) is 2.81. The number of rotatable bonds is 2. The summed E-state index contributed by atoms with van der Waals surface area (Å²) in [5.41, 5.74) is 0.322. The van der Waals surface area contributed by atoms with Gasteiger partial charge < -0.3 is 10.0 Å². The van der Waals surface area contributed by atoms with E-state index >= 15 is 0 Å². The SMILES string of the molecule is O=C(O)c1c(F)cccc1N1CCCCCCC1. The standard InChI is InChI=1S/C14H18FNO2/c15-11-7-6-8-12(13(11)14(17)18)16-9-4-2-1-3-5-10-16/h6-8H,1-5,9-10H2,(H,17,18). The van der Waals surface area contributed by atoms with Gasteiger partial charge in [-0.3, -0.25) is 0 Å². The number of carboxylic acids is 1. The molecule has 1 saturated heterocycles. The van der Waals surface area contributed by atoms with E-state index in [2.05, 4.69) is 0 Å². The van der Waals surface area contributed by atoms with Crippen LogP contribution in [0.1, 0.15) is 42.5 Å². The van der Waals surface area contributed by atoms with Crippen molar-refractivity contribution in [2.45, 2.75) is 32.1 Å². The number of hydrogen-bond donors (Lipinski definition) is 1. The van der Waals surface area contributed by atoms with Gasteiger partial charge in [0.1, 0.15) is 11.4 Å². The Morgan fingerprint density at radius 2 is 1.72 bits per heavy atom. The summed E-state index contributed by atoms with van der Waals surface area (Å²) in [7, 11) is 0. The summed E-state index contributed by atoms with van der Waals surface area (Å²) in [6, 6.07) is 4.49. The number of halogens is 1. The van der Waals surface area contributed by atoms with Gasteiger partial charge in [0.05, 0.1) is 5.69 Å². The molecule has 1 aliphatic heterocycles. The summed E-state index contributed by atoms with van der Waals surface area (Å²) < 4.78 is 13.6. The molecule has 0 bridgehead atoms. The van der Waals surface area contributed by atoms with Crippen LogP contribution in [0, 0.1) is 5.82 Å². The van der Waals surface area contributed by atoms with Gasteiger partial charge in [-0.1, -0.05) is 25.3 Å². The molecular weight excluding hydrogens is 233 g/mol. The predicted molar refractivity (Wildman–Crippen MR) is 68.7 cm³/mol. The second-order valence-electron chi connectivity index (χ2n) is 4.69. The zero-order chi connectivity index (χ0) is 13.0. The summed E-state index contributed by atoms with van der Waals surface area (Å²) in [6.07, 6.45) is 5.64. The van der Waals surface area contributed by atoms with Gasteiger partial charge in [-0.2, -0.15) is 0 Å². The Morgan fingerprint density at radius 3 is 2.33 bits per heavy atom. The maximum Gasteiger partial charge on any atom is 0.340 e. The molecule has 4 heteroatoms. The van der Waals surface area contributed by atoms with Crippen molar-refractivity contribution in [3.05, 3.63) is 29.6 Å². The second kappa shape index (κ2) is 5.85. The van der Waals surface area contributed by atoms with Gasteiger partial charge in [-0.25, -0.2) is 9.18 Å². The molecule has 1 aliphatic rings. The Labute approximate surface area is 106 Å². The molecule has 98 valence electrons. The molecule has 0 amide bonds. The van der Waals surface area contributed by atoms with Crippen LogP contribution in [0.25, 0.3) is 0 Å². The third-order valence-electron chi connectivity index (χ3n) is 3.40. The van der Waals surface area contributed by atoms with Crippen LogP contribution < -0.4 is 4.90 Å². The Morgan fingerprint density at radius 1 is 1.11 bits per heavy atom. The monoisotopic (exact) mass is 251 g/mol. The smallest absolute Gasteiger partial charge is 0.340 e. The molecule has 0 saturated carbocycles. The fraction of sp³-hybridized carbons (Fsp3) is 0.500. The quantitative estimate of drug-likeness (QED) is 0.876. The molecule has 1 N–H and O–H groups in total. The van der Waals surface area contributed by atoms with E-state index in [1.54, 1.807) is 12.1 Å². The van der Waals surface area contributed by atoms with Crippen molar-refractivity contribution in [2.24, 2.45) is 0 Å². The number of aromatic carboxylic acids is 1. The first kappa shape index (κ1) is 12.9. The first-order valence-electron chi connectivity index (χ1n) is 6.47. The zero-order valence-electron chi connectivity index (χ0n) is 10.4. The molecule has 3 nitrogen and oxygen atoms in total. The molecule has 0 unspecified atom stereocenters. The fourth-order valence-corrected chi connectivity index (χ4v) is 2.48. The van der Waals surface area contributed by atoms with Gasteiger partial charge in [0.2, 0.25) is 0 Å². The molecular formula is C14H18FNO2. The first-order chi connectivity index (χ1) is 8.70. The molecule has 0 aromatic heterocycles. The van der Waals surface area contributed by atoms with E-state index in [0.717, 1.165) is 38.8 Å². The Balaban J connectivity index is 2.30. The number of benzene rings is 1. The minimum absolute atomic E-state index is 0.196. The molecule has 2 rings (SSSR count). The fourth-order valence-electron chi connectivity index (χ4n) is 2.48. The van der Waals surface area contributed by atoms with Crippen LogP contribution in [-0.2, 0) is 0 Å². The largest absolute Gasteiger partial charge is 0.478 e. The van der Waals surface area contributed by atoms with Crippen LogP contribution in [-0.4, -0.2) is 24.2 Å². The number of anilines is 1. The van der Waals surface area contributed by atoms with E-state index in [1.165, 1.54) is 12.5 Å². The van der Waals surface area contributed by atoms with Crippen molar-refractivity contribution in [1.29, 1.82) is 0 Å². The highest BCUT2D eigenvalue weighted by Gasteiger charge is 2.20. The lowest BCUT2D eigenvalue weighted by Gasteiger charge is -2.28. The van der Waals surface area contributed by atoms with Crippen molar-refractivity contribution in [1.82, 2.24) is 0 Å². The van der Waals surface area contributed by atoms with Gasteiger partial charge in [-0.05, 0) is 25.0 Å². The Hall–Kier alpha value is -1.58. The van der Waals surface area contributed by atoms with Gasteiger partial charge in [0.25, 0.3) is 0 Å². The van der Waals surface area contributed by atoms with Crippen LogP contribution in [0.5, 0.6) is 0 Å². The molecule has 1 heterocycles. The van der Waals surface area contributed by atoms with Crippen molar-refractivity contribution < 1.29 is 14.3 Å². The molecule has 1 fully saturated rings. The molecule has 0 atom stereocenters. The van der Waals surface area contributed by atoms with Gasteiger partial charge in [-0.15, -0.1) is 0 Å². The Kier molecular flexibility index (Phi) is 4.18. The maximum absolute atomic E-state index is 13.6. The molecule has 0 radical (unpaired) electrons. The van der Waals surface area contributed by atoms with Crippen LogP contribution in [0.2, 0.25) is 0 Å².